The van der Waals surface area contributed by atoms with Crippen molar-refractivity contribution < 1.29 is 0 Å². The summed E-state index contributed by atoms with van der Waals surface area (Å²) in [4.78, 5) is 5.50. The van der Waals surface area contributed by atoms with Crippen LogP contribution in [0.5, 0.6) is 0 Å². The van der Waals surface area contributed by atoms with Crippen LogP contribution in [0.15, 0.2) is 47.9 Å². The molecule has 0 aliphatic carbocycles. The van der Waals surface area contributed by atoms with Crippen LogP contribution in [-0.4, -0.2) is 21.3 Å². The first kappa shape index (κ1) is 11.8. The minimum absolute atomic E-state index is 0.441. The molecule has 1 N–H and O–H groups in total. The third-order valence-corrected chi connectivity index (χ3v) is 4.41. The van der Waals surface area contributed by atoms with E-state index in [1.54, 1.807) is 0 Å². The van der Waals surface area contributed by atoms with Gasteiger partial charge in [0.05, 0.1) is 6.33 Å². The Balaban J connectivity index is 1.64. The minimum Gasteiger partial charge on any atom is -0.336 e. The summed E-state index contributed by atoms with van der Waals surface area (Å²) in [6.07, 6.45) is 5.71. The Bertz CT molecular complexity index is 510. The number of thioether (sulfide) groups is 1. The van der Waals surface area contributed by atoms with Gasteiger partial charge in [-0.1, -0.05) is 18.2 Å². The largest absolute Gasteiger partial charge is 0.336 e. The normalized spacial score (nSPS) is 19.7. The van der Waals surface area contributed by atoms with Gasteiger partial charge in [-0.05, 0) is 18.6 Å². The zero-order valence-electron chi connectivity index (χ0n) is 10.4. The molecule has 3 rings (SSSR count). The van der Waals surface area contributed by atoms with E-state index in [1.807, 2.05) is 30.5 Å². The molecule has 1 aromatic carbocycles. The van der Waals surface area contributed by atoms with Crippen LogP contribution in [-0.2, 0) is 6.54 Å². The fraction of sp³-hybridized carbons (Fsp3) is 0.357. The Morgan fingerprint density at radius 3 is 3.22 bits per heavy atom. The third kappa shape index (κ3) is 2.44. The molecule has 4 heteroatoms. The van der Waals surface area contributed by atoms with E-state index in [0.29, 0.717) is 12.1 Å². The van der Waals surface area contributed by atoms with Gasteiger partial charge in [-0.2, -0.15) is 0 Å². The quantitative estimate of drug-likeness (QED) is 0.915. The Labute approximate surface area is 112 Å². The monoisotopic (exact) mass is 259 g/mol. The van der Waals surface area contributed by atoms with E-state index >= 15 is 0 Å². The number of nitrogens with one attached hydrogen (secondary N) is 1. The molecule has 0 saturated heterocycles. The zero-order chi connectivity index (χ0) is 12.4. The van der Waals surface area contributed by atoms with Gasteiger partial charge in [-0.15, -0.1) is 11.8 Å². The van der Waals surface area contributed by atoms with E-state index in [4.69, 9.17) is 0 Å². The van der Waals surface area contributed by atoms with Gasteiger partial charge in [-0.3, -0.25) is 0 Å². The van der Waals surface area contributed by atoms with E-state index in [2.05, 4.69) is 46.1 Å². The maximum Gasteiger partial charge on any atom is 0.0946 e. The van der Waals surface area contributed by atoms with Crippen molar-refractivity contribution in [3.8, 4) is 0 Å². The average molecular weight is 259 g/mol. The van der Waals surface area contributed by atoms with Gasteiger partial charge in [0, 0.05) is 41.7 Å². The summed E-state index contributed by atoms with van der Waals surface area (Å²) < 4.78 is 2.12. The summed E-state index contributed by atoms with van der Waals surface area (Å²) in [5.41, 5.74) is 1.44. The van der Waals surface area contributed by atoms with Crippen LogP contribution in [0.1, 0.15) is 18.5 Å². The maximum atomic E-state index is 4.07. The Morgan fingerprint density at radius 2 is 2.39 bits per heavy atom. The molecule has 18 heavy (non-hydrogen) atoms. The van der Waals surface area contributed by atoms with Crippen molar-refractivity contribution in [2.75, 3.05) is 5.75 Å². The Morgan fingerprint density at radius 1 is 1.50 bits per heavy atom. The summed E-state index contributed by atoms with van der Waals surface area (Å²) in [7, 11) is 0. The van der Waals surface area contributed by atoms with E-state index in [-0.39, 0.29) is 0 Å². The second-order valence-electron chi connectivity index (χ2n) is 4.73. The summed E-state index contributed by atoms with van der Waals surface area (Å²) >= 11 is 1.94. The summed E-state index contributed by atoms with van der Waals surface area (Å²) in [5.74, 6) is 1.13. The van der Waals surface area contributed by atoms with E-state index in [9.17, 15) is 0 Å². The molecule has 2 atom stereocenters. The van der Waals surface area contributed by atoms with Gasteiger partial charge in [-0.25, -0.2) is 4.98 Å². The molecule has 0 amide bonds. The van der Waals surface area contributed by atoms with E-state index in [0.717, 1.165) is 12.3 Å². The number of rotatable bonds is 4. The number of aromatic nitrogens is 2. The van der Waals surface area contributed by atoms with Crippen molar-refractivity contribution in [1.82, 2.24) is 14.9 Å². The Kier molecular flexibility index (Phi) is 3.39. The molecule has 0 fully saturated rings. The van der Waals surface area contributed by atoms with E-state index < -0.39 is 0 Å². The number of hydrogen-bond acceptors (Lipinski definition) is 3. The molecular formula is C14H17N3S. The van der Waals surface area contributed by atoms with Crippen molar-refractivity contribution in [2.24, 2.45) is 0 Å². The van der Waals surface area contributed by atoms with Crippen LogP contribution >= 0.6 is 11.8 Å². The van der Waals surface area contributed by atoms with Crippen LogP contribution < -0.4 is 5.32 Å². The molecule has 0 bridgehead atoms. The molecule has 0 radical (unpaired) electrons. The molecule has 2 aromatic rings. The standard InChI is InChI=1S/C14H17N3S/c1-11(8-17-7-6-15-10-17)16-13-9-18-14-5-3-2-4-12(13)14/h2-7,10-11,13,16H,8-9H2,1H3. The second-order valence-corrected chi connectivity index (χ2v) is 5.79. The highest BCUT2D eigenvalue weighted by Gasteiger charge is 2.23. The molecule has 1 aromatic heterocycles. The molecule has 2 unspecified atom stereocenters. The number of fused-ring (bicyclic) bond motifs is 1. The van der Waals surface area contributed by atoms with Crippen molar-refractivity contribution >= 4 is 11.8 Å². The van der Waals surface area contributed by atoms with Crippen molar-refractivity contribution in [3.05, 3.63) is 48.5 Å². The van der Waals surface area contributed by atoms with Gasteiger partial charge in [0.1, 0.15) is 0 Å². The second kappa shape index (κ2) is 5.16. The number of benzene rings is 1. The first-order chi connectivity index (χ1) is 8.83. The predicted molar refractivity (Wildman–Crippen MR) is 74.7 cm³/mol. The maximum absolute atomic E-state index is 4.07. The van der Waals surface area contributed by atoms with Crippen LogP contribution in [0, 0.1) is 0 Å². The first-order valence-electron chi connectivity index (χ1n) is 6.26. The SMILES string of the molecule is CC(Cn1ccnc1)NC1CSc2ccccc21. The lowest BCUT2D eigenvalue weighted by Crippen LogP contribution is -2.33. The summed E-state index contributed by atoms with van der Waals surface area (Å²) in [6.45, 7) is 3.19. The summed E-state index contributed by atoms with van der Waals surface area (Å²) in [5, 5.41) is 3.70. The smallest absolute Gasteiger partial charge is 0.0946 e. The highest BCUT2D eigenvalue weighted by molar-refractivity contribution is 7.99. The lowest BCUT2D eigenvalue weighted by atomic mass is 10.1. The molecule has 1 aliphatic heterocycles. The van der Waals surface area contributed by atoms with Crippen LogP contribution in [0.4, 0.5) is 0 Å². The zero-order valence-corrected chi connectivity index (χ0v) is 11.2. The lowest BCUT2D eigenvalue weighted by molar-refractivity contribution is 0.434. The van der Waals surface area contributed by atoms with Gasteiger partial charge < -0.3 is 9.88 Å². The first-order valence-corrected chi connectivity index (χ1v) is 7.25. The molecule has 2 heterocycles. The number of nitrogens with zero attached hydrogens (tertiary/aromatic N) is 2. The lowest BCUT2D eigenvalue weighted by Gasteiger charge is -2.20. The van der Waals surface area contributed by atoms with Gasteiger partial charge in [0.15, 0.2) is 0 Å². The van der Waals surface area contributed by atoms with Crippen molar-refractivity contribution in [2.45, 2.75) is 30.4 Å². The molecule has 94 valence electrons. The van der Waals surface area contributed by atoms with Crippen molar-refractivity contribution in [3.63, 3.8) is 0 Å². The van der Waals surface area contributed by atoms with Gasteiger partial charge in [0.2, 0.25) is 0 Å². The molecule has 0 spiro atoms. The Hall–Kier alpha value is -1.26. The summed E-state index contributed by atoms with van der Waals surface area (Å²) in [6, 6.07) is 9.60. The van der Waals surface area contributed by atoms with Crippen LogP contribution in [0.25, 0.3) is 0 Å². The highest BCUT2D eigenvalue weighted by Crippen LogP contribution is 2.37. The van der Waals surface area contributed by atoms with E-state index in [1.165, 1.54) is 10.5 Å². The fourth-order valence-corrected chi connectivity index (χ4v) is 3.58. The minimum atomic E-state index is 0.441. The molecule has 1 aliphatic rings. The fourth-order valence-electron chi connectivity index (χ4n) is 2.41. The molecule has 0 saturated carbocycles. The topological polar surface area (TPSA) is 29.9 Å². The molecule has 3 nitrogen and oxygen atoms in total. The van der Waals surface area contributed by atoms with Gasteiger partial charge >= 0.3 is 0 Å². The predicted octanol–water partition coefficient (Wildman–Crippen LogP) is 2.71. The van der Waals surface area contributed by atoms with Crippen molar-refractivity contribution in [1.29, 1.82) is 0 Å². The highest BCUT2D eigenvalue weighted by atomic mass is 32.2. The number of hydrogen-bond donors (Lipinski definition) is 1. The number of imidazole rings is 1. The average Bonchev–Trinajstić information content (AvgIpc) is 3.00. The molecular weight excluding hydrogens is 242 g/mol. The van der Waals surface area contributed by atoms with Crippen LogP contribution in [0.2, 0.25) is 0 Å². The van der Waals surface area contributed by atoms with Gasteiger partial charge in [0.25, 0.3) is 0 Å². The van der Waals surface area contributed by atoms with Crippen LogP contribution in [0.3, 0.4) is 0 Å². The third-order valence-electron chi connectivity index (χ3n) is 3.23.